The summed E-state index contributed by atoms with van der Waals surface area (Å²) in [6.07, 6.45) is 4.78. The zero-order valence-electron chi connectivity index (χ0n) is 23.2. The standard InChI is InChI=1S/C31H37NO6/c1-15-13-31-16(2)10-21-23(29(21,3)4)20(27(31)33)11-17-14-35-30(5,6)37-26(17)24(31)25(15)36-28-19-9-8-18(34-7)12-22(19)38-32-28/h8-9,11-13,16,20-21,23-26H,10,14H2,1-7H3/t16-,20?,21?,23?,24?,25?,26?,31?/m1/s1. The molecule has 1 saturated heterocycles. The van der Waals surface area contributed by atoms with E-state index < -0.39 is 11.2 Å². The Morgan fingerprint density at radius 2 is 1.92 bits per heavy atom. The number of carbonyl (C=O) groups is 1. The van der Waals surface area contributed by atoms with Gasteiger partial charge in [0, 0.05) is 17.9 Å². The molecule has 8 atom stereocenters. The molecule has 2 bridgehead atoms. The molecule has 7 nitrogen and oxygen atoms in total. The molecule has 2 saturated carbocycles. The fourth-order valence-electron chi connectivity index (χ4n) is 8.43. The van der Waals surface area contributed by atoms with E-state index >= 15 is 0 Å². The van der Waals surface area contributed by atoms with E-state index in [0.717, 1.165) is 23.0 Å². The number of rotatable bonds is 3. The number of ketones is 1. The Labute approximate surface area is 223 Å². The molecule has 2 heterocycles. The van der Waals surface area contributed by atoms with Crippen LogP contribution in [0.3, 0.4) is 0 Å². The summed E-state index contributed by atoms with van der Waals surface area (Å²) in [5.74, 6) is 1.34. The Morgan fingerprint density at radius 1 is 1.13 bits per heavy atom. The van der Waals surface area contributed by atoms with E-state index in [1.54, 1.807) is 13.2 Å². The zero-order chi connectivity index (χ0) is 26.8. The number of methoxy groups -OCH3 is 1. The number of nitrogens with zero attached hydrogens (tertiary/aromatic N) is 1. The number of hydrogen-bond donors (Lipinski definition) is 0. The van der Waals surface area contributed by atoms with Gasteiger partial charge in [0.05, 0.1) is 30.6 Å². The third-order valence-corrected chi connectivity index (χ3v) is 10.4. The number of hydrogen-bond acceptors (Lipinski definition) is 7. The highest BCUT2D eigenvalue weighted by atomic mass is 16.7. The molecule has 3 fully saturated rings. The maximum atomic E-state index is 14.8. The van der Waals surface area contributed by atoms with Crippen LogP contribution in [0.25, 0.3) is 11.0 Å². The predicted molar refractivity (Wildman–Crippen MR) is 141 cm³/mol. The van der Waals surface area contributed by atoms with Crippen molar-refractivity contribution in [2.45, 2.75) is 66.0 Å². The molecule has 38 heavy (non-hydrogen) atoms. The van der Waals surface area contributed by atoms with Gasteiger partial charge >= 0.3 is 0 Å². The van der Waals surface area contributed by atoms with Crippen LogP contribution in [0.1, 0.15) is 48.0 Å². The maximum absolute atomic E-state index is 14.8. The van der Waals surface area contributed by atoms with Crippen LogP contribution in [0.15, 0.2) is 46.0 Å². The monoisotopic (exact) mass is 519 g/mol. The van der Waals surface area contributed by atoms with Crippen molar-refractivity contribution >= 4 is 16.8 Å². The molecule has 4 aliphatic carbocycles. The summed E-state index contributed by atoms with van der Waals surface area (Å²) in [5.41, 5.74) is 2.19. The number of aromatic nitrogens is 1. The minimum atomic E-state index is -0.760. The van der Waals surface area contributed by atoms with Gasteiger partial charge in [-0.15, -0.1) is 0 Å². The van der Waals surface area contributed by atoms with E-state index in [1.807, 2.05) is 26.0 Å². The quantitative estimate of drug-likeness (QED) is 0.479. The Bertz CT molecular complexity index is 1400. The molecule has 0 amide bonds. The fraction of sp³-hybridized carbons (Fsp3) is 0.613. The van der Waals surface area contributed by atoms with Crippen LogP contribution >= 0.6 is 0 Å². The SMILES string of the molecule is COc1ccc2c(OC3C(C)=CC45C(=O)C(C=C6COC(C)(C)OC6C34)C3C(C[C@H]5C)C3(C)C)noc2c1. The first kappa shape index (κ1) is 24.4. The second-order valence-electron chi connectivity index (χ2n) is 13.2. The summed E-state index contributed by atoms with van der Waals surface area (Å²) < 4.78 is 30.5. The molecule has 2 aromatic rings. The van der Waals surface area contributed by atoms with Gasteiger partial charge < -0.3 is 23.5 Å². The Morgan fingerprint density at radius 3 is 2.68 bits per heavy atom. The van der Waals surface area contributed by atoms with Crippen LogP contribution in [0.5, 0.6) is 11.6 Å². The molecule has 7 rings (SSSR count). The summed E-state index contributed by atoms with van der Waals surface area (Å²) in [7, 11) is 1.62. The van der Waals surface area contributed by atoms with Gasteiger partial charge in [0.15, 0.2) is 17.2 Å². The number of allylic oxidation sites excluding steroid dienone is 2. The molecule has 202 valence electrons. The summed E-state index contributed by atoms with van der Waals surface area (Å²) in [6.45, 7) is 13.3. The van der Waals surface area contributed by atoms with Gasteiger partial charge in [-0.2, -0.15) is 0 Å². The van der Waals surface area contributed by atoms with E-state index in [1.165, 1.54) is 0 Å². The van der Waals surface area contributed by atoms with Crippen LogP contribution < -0.4 is 9.47 Å². The molecule has 1 spiro atoms. The lowest BCUT2D eigenvalue weighted by atomic mass is 9.61. The van der Waals surface area contributed by atoms with Crippen molar-refractivity contribution in [3.05, 3.63) is 41.5 Å². The van der Waals surface area contributed by atoms with Gasteiger partial charge in [-0.1, -0.05) is 32.9 Å². The lowest BCUT2D eigenvalue weighted by Crippen LogP contribution is -2.55. The third kappa shape index (κ3) is 3.15. The van der Waals surface area contributed by atoms with E-state index in [0.29, 0.717) is 41.4 Å². The van der Waals surface area contributed by atoms with Gasteiger partial charge in [-0.3, -0.25) is 4.79 Å². The average Bonchev–Trinajstić information content (AvgIpc) is 3.14. The number of carbonyl (C=O) groups excluding carboxylic acids is 1. The molecular formula is C31H37NO6. The van der Waals surface area contributed by atoms with E-state index in [2.05, 4.69) is 45.0 Å². The van der Waals surface area contributed by atoms with Crippen LogP contribution in [0, 0.1) is 40.4 Å². The lowest BCUT2D eigenvalue weighted by Gasteiger charge is -2.47. The molecule has 5 aliphatic rings. The molecule has 7 heteroatoms. The van der Waals surface area contributed by atoms with Crippen LogP contribution in [-0.2, 0) is 14.3 Å². The second-order valence-corrected chi connectivity index (χ2v) is 13.2. The van der Waals surface area contributed by atoms with Crippen LogP contribution in [0.4, 0.5) is 0 Å². The summed E-state index contributed by atoms with van der Waals surface area (Å²) >= 11 is 0. The van der Waals surface area contributed by atoms with Gasteiger partial charge in [0.2, 0.25) is 0 Å². The smallest absolute Gasteiger partial charge is 0.262 e. The van der Waals surface area contributed by atoms with Crippen molar-refractivity contribution < 1.29 is 28.3 Å². The maximum Gasteiger partial charge on any atom is 0.262 e. The second kappa shape index (κ2) is 7.72. The molecule has 0 N–H and O–H groups in total. The minimum Gasteiger partial charge on any atom is -0.497 e. The number of ether oxygens (including phenoxy) is 4. The van der Waals surface area contributed by atoms with Gasteiger partial charge in [0.1, 0.15) is 11.9 Å². The highest BCUT2D eigenvalue weighted by molar-refractivity contribution is 5.94. The van der Waals surface area contributed by atoms with Crippen molar-refractivity contribution in [3.8, 4) is 11.6 Å². The van der Waals surface area contributed by atoms with E-state index in [4.69, 9.17) is 23.5 Å². The van der Waals surface area contributed by atoms with Gasteiger partial charge in [0.25, 0.3) is 5.88 Å². The molecule has 0 radical (unpaired) electrons. The Balaban J connectivity index is 1.36. The third-order valence-electron chi connectivity index (χ3n) is 10.4. The van der Waals surface area contributed by atoms with Crippen LogP contribution in [0.2, 0.25) is 0 Å². The first-order valence-electron chi connectivity index (χ1n) is 13.8. The van der Waals surface area contributed by atoms with Crippen molar-refractivity contribution in [3.63, 3.8) is 0 Å². The highest BCUT2D eigenvalue weighted by Crippen LogP contribution is 2.71. The lowest BCUT2D eigenvalue weighted by molar-refractivity contribution is -0.269. The fourth-order valence-corrected chi connectivity index (χ4v) is 8.43. The van der Waals surface area contributed by atoms with Gasteiger partial charge in [-0.05, 0) is 78.8 Å². The highest BCUT2D eigenvalue weighted by Gasteiger charge is 2.72. The largest absolute Gasteiger partial charge is 0.497 e. The summed E-state index contributed by atoms with van der Waals surface area (Å²) in [6, 6.07) is 5.58. The first-order valence-corrected chi connectivity index (χ1v) is 13.8. The van der Waals surface area contributed by atoms with Gasteiger partial charge in [-0.25, -0.2) is 0 Å². The number of fused-ring (bicyclic) bond motifs is 6. The molecule has 1 aromatic heterocycles. The molecule has 1 aromatic carbocycles. The Kier molecular flexibility index (Phi) is 4.96. The zero-order valence-corrected chi connectivity index (χ0v) is 23.2. The molecule has 1 aliphatic heterocycles. The number of benzene rings is 1. The van der Waals surface area contributed by atoms with E-state index in [9.17, 15) is 4.79 Å². The first-order chi connectivity index (χ1) is 18.0. The van der Waals surface area contributed by atoms with Crippen molar-refractivity contribution in [2.75, 3.05) is 13.7 Å². The average molecular weight is 520 g/mol. The minimum absolute atomic E-state index is 0.140. The topological polar surface area (TPSA) is 80.0 Å². The van der Waals surface area contributed by atoms with Crippen molar-refractivity contribution in [1.82, 2.24) is 5.16 Å². The van der Waals surface area contributed by atoms with Crippen molar-refractivity contribution in [2.24, 2.45) is 40.4 Å². The van der Waals surface area contributed by atoms with Crippen molar-refractivity contribution in [1.29, 1.82) is 0 Å². The summed E-state index contributed by atoms with van der Waals surface area (Å²) in [4.78, 5) is 14.8. The molecular weight excluding hydrogens is 482 g/mol. The normalized spacial score (nSPS) is 40.2. The summed E-state index contributed by atoms with van der Waals surface area (Å²) in [5, 5.41) is 5.07. The Hall–Kier alpha value is -2.64. The number of Topliss-reactive ketones (excluding diaryl/α,β-unsaturated/α-hetero) is 1. The van der Waals surface area contributed by atoms with Crippen LogP contribution in [-0.4, -0.2) is 42.7 Å². The predicted octanol–water partition coefficient (Wildman–Crippen LogP) is 5.74. The van der Waals surface area contributed by atoms with E-state index in [-0.39, 0.29) is 35.4 Å². The molecule has 7 unspecified atom stereocenters.